The number of halogens is 2. The molecule has 0 bridgehead atoms. The molecular formula is C13H10ClFN2O3S. The molecule has 0 aromatic heterocycles. The molecule has 0 spiro atoms. The van der Waals surface area contributed by atoms with E-state index in [1.54, 1.807) is 0 Å². The van der Waals surface area contributed by atoms with Crippen molar-refractivity contribution in [3.63, 3.8) is 0 Å². The van der Waals surface area contributed by atoms with Crippen LogP contribution < -0.4 is 10.5 Å². The Morgan fingerprint density at radius 3 is 2.52 bits per heavy atom. The summed E-state index contributed by atoms with van der Waals surface area (Å²) < 4.78 is 40.2. The number of benzene rings is 2. The Hall–Kier alpha value is -2.12. The fraction of sp³-hybridized carbons (Fsp3) is 0. The Morgan fingerprint density at radius 2 is 1.86 bits per heavy atom. The number of rotatable bonds is 4. The second-order valence-electron chi connectivity index (χ2n) is 4.10. The highest BCUT2D eigenvalue weighted by atomic mass is 35.5. The molecule has 0 aliphatic carbocycles. The number of nitrogens with two attached hydrogens (primary N) is 1. The second kappa shape index (κ2) is 5.71. The van der Waals surface area contributed by atoms with Crippen LogP contribution in [0.4, 0.5) is 10.1 Å². The third kappa shape index (κ3) is 3.32. The summed E-state index contributed by atoms with van der Waals surface area (Å²) in [7, 11) is -4.17. The summed E-state index contributed by atoms with van der Waals surface area (Å²) >= 11 is 5.56. The van der Waals surface area contributed by atoms with Gasteiger partial charge in [-0.2, -0.15) is 0 Å². The van der Waals surface area contributed by atoms with E-state index in [-0.39, 0.29) is 16.3 Å². The molecule has 2 aromatic carbocycles. The lowest BCUT2D eigenvalue weighted by Crippen LogP contribution is -2.16. The number of sulfonamides is 1. The summed E-state index contributed by atoms with van der Waals surface area (Å²) in [6.07, 6.45) is 0. The van der Waals surface area contributed by atoms with Crippen LogP contribution in [0.1, 0.15) is 10.4 Å². The van der Waals surface area contributed by atoms with Gasteiger partial charge in [0.15, 0.2) is 5.82 Å². The number of primary amides is 1. The van der Waals surface area contributed by atoms with Gasteiger partial charge in [-0.25, -0.2) is 12.8 Å². The Morgan fingerprint density at radius 1 is 1.19 bits per heavy atom. The predicted octanol–water partition coefficient (Wildman–Crippen LogP) is 2.38. The number of carbonyl (C=O) groups excluding carboxylic acids is 1. The summed E-state index contributed by atoms with van der Waals surface area (Å²) in [6, 6.07) is 9.19. The minimum Gasteiger partial charge on any atom is -0.366 e. The van der Waals surface area contributed by atoms with Crippen LogP contribution in [0.2, 0.25) is 5.02 Å². The molecule has 21 heavy (non-hydrogen) atoms. The van der Waals surface area contributed by atoms with Crippen LogP contribution in [0.5, 0.6) is 0 Å². The minimum atomic E-state index is -4.17. The number of hydrogen-bond donors (Lipinski definition) is 2. The Labute approximate surface area is 125 Å². The standard InChI is InChI=1S/C13H10ClFN2O3S/c14-10-5-2-6-11(12(10)15)21(19,20)17-9-4-1-3-8(7-9)13(16)18/h1-7,17H,(H2,16,18). The van der Waals surface area contributed by atoms with E-state index < -0.39 is 26.6 Å². The first-order valence-corrected chi connectivity index (χ1v) is 7.54. The molecule has 110 valence electrons. The van der Waals surface area contributed by atoms with Crippen molar-refractivity contribution in [2.45, 2.75) is 4.90 Å². The first-order chi connectivity index (χ1) is 9.81. The maximum absolute atomic E-state index is 13.8. The smallest absolute Gasteiger partial charge is 0.264 e. The van der Waals surface area contributed by atoms with Gasteiger partial charge >= 0.3 is 0 Å². The van der Waals surface area contributed by atoms with Crippen LogP contribution in [-0.2, 0) is 10.0 Å². The average Bonchev–Trinajstić information content (AvgIpc) is 2.41. The normalized spacial score (nSPS) is 11.1. The van der Waals surface area contributed by atoms with Gasteiger partial charge in [0.1, 0.15) is 4.90 Å². The zero-order chi connectivity index (χ0) is 15.6. The second-order valence-corrected chi connectivity index (χ2v) is 6.16. The summed E-state index contributed by atoms with van der Waals surface area (Å²) in [4.78, 5) is 10.5. The fourth-order valence-electron chi connectivity index (χ4n) is 1.64. The van der Waals surface area contributed by atoms with Gasteiger partial charge in [0.05, 0.1) is 5.02 Å². The van der Waals surface area contributed by atoms with Gasteiger partial charge in [-0.3, -0.25) is 9.52 Å². The van der Waals surface area contributed by atoms with E-state index in [9.17, 15) is 17.6 Å². The SMILES string of the molecule is NC(=O)c1cccc(NS(=O)(=O)c2cccc(Cl)c2F)c1. The third-order valence-electron chi connectivity index (χ3n) is 2.60. The summed E-state index contributed by atoms with van der Waals surface area (Å²) in [5, 5.41) is -0.302. The topological polar surface area (TPSA) is 89.3 Å². The van der Waals surface area contributed by atoms with Crippen LogP contribution in [-0.4, -0.2) is 14.3 Å². The van der Waals surface area contributed by atoms with Crippen LogP contribution in [0.25, 0.3) is 0 Å². The quantitative estimate of drug-likeness (QED) is 0.903. The molecule has 2 aromatic rings. The van der Waals surface area contributed by atoms with Crippen molar-refractivity contribution in [3.8, 4) is 0 Å². The number of hydrogen-bond acceptors (Lipinski definition) is 3. The van der Waals surface area contributed by atoms with E-state index in [2.05, 4.69) is 4.72 Å². The van der Waals surface area contributed by atoms with Crippen molar-refractivity contribution < 1.29 is 17.6 Å². The van der Waals surface area contributed by atoms with Gasteiger partial charge in [-0.05, 0) is 30.3 Å². The van der Waals surface area contributed by atoms with Crippen LogP contribution >= 0.6 is 11.6 Å². The summed E-state index contributed by atoms with van der Waals surface area (Å²) in [5.41, 5.74) is 5.32. The molecular weight excluding hydrogens is 319 g/mol. The lowest BCUT2D eigenvalue weighted by molar-refractivity contribution is 0.100. The minimum absolute atomic E-state index is 0.0886. The van der Waals surface area contributed by atoms with Gasteiger partial charge in [0, 0.05) is 11.3 Å². The zero-order valence-electron chi connectivity index (χ0n) is 10.5. The molecule has 0 saturated carbocycles. The molecule has 0 atom stereocenters. The van der Waals surface area contributed by atoms with Crippen LogP contribution in [0, 0.1) is 5.82 Å². The summed E-state index contributed by atoms with van der Waals surface area (Å²) in [6.45, 7) is 0. The van der Waals surface area contributed by atoms with Crippen molar-refractivity contribution in [1.29, 1.82) is 0 Å². The predicted molar refractivity (Wildman–Crippen MR) is 77.2 cm³/mol. The lowest BCUT2D eigenvalue weighted by Gasteiger charge is -2.10. The molecule has 3 N–H and O–H groups in total. The Balaban J connectivity index is 2.40. The first-order valence-electron chi connectivity index (χ1n) is 5.68. The largest absolute Gasteiger partial charge is 0.366 e. The Kier molecular flexibility index (Phi) is 4.15. The summed E-state index contributed by atoms with van der Waals surface area (Å²) in [5.74, 6) is -1.75. The van der Waals surface area contributed by atoms with Gasteiger partial charge < -0.3 is 5.73 Å². The van der Waals surface area contributed by atoms with Gasteiger partial charge in [-0.15, -0.1) is 0 Å². The van der Waals surface area contributed by atoms with Crippen molar-refractivity contribution in [1.82, 2.24) is 0 Å². The van der Waals surface area contributed by atoms with Gasteiger partial charge in [0.25, 0.3) is 10.0 Å². The maximum Gasteiger partial charge on any atom is 0.264 e. The molecule has 2 rings (SSSR count). The van der Waals surface area contributed by atoms with Crippen molar-refractivity contribution in [3.05, 3.63) is 58.9 Å². The molecule has 1 amide bonds. The third-order valence-corrected chi connectivity index (χ3v) is 4.30. The number of anilines is 1. The molecule has 5 nitrogen and oxygen atoms in total. The van der Waals surface area contributed by atoms with E-state index in [1.807, 2.05) is 0 Å². The zero-order valence-corrected chi connectivity index (χ0v) is 12.1. The fourth-order valence-corrected chi connectivity index (χ4v) is 3.02. The highest BCUT2D eigenvalue weighted by Gasteiger charge is 2.21. The monoisotopic (exact) mass is 328 g/mol. The van der Waals surface area contributed by atoms with E-state index in [1.165, 1.54) is 36.4 Å². The van der Waals surface area contributed by atoms with E-state index in [4.69, 9.17) is 17.3 Å². The van der Waals surface area contributed by atoms with Crippen molar-refractivity contribution >= 4 is 33.2 Å². The first kappa shape index (κ1) is 15.3. The molecule has 0 fully saturated rings. The molecule has 0 saturated heterocycles. The van der Waals surface area contributed by atoms with Gasteiger partial charge in [-0.1, -0.05) is 23.7 Å². The van der Waals surface area contributed by atoms with E-state index in [0.717, 1.165) is 6.07 Å². The highest BCUT2D eigenvalue weighted by molar-refractivity contribution is 7.92. The van der Waals surface area contributed by atoms with Crippen LogP contribution in [0.15, 0.2) is 47.4 Å². The van der Waals surface area contributed by atoms with Crippen LogP contribution in [0.3, 0.4) is 0 Å². The molecule has 8 heteroatoms. The average molecular weight is 329 g/mol. The van der Waals surface area contributed by atoms with Crippen molar-refractivity contribution in [2.24, 2.45) is 5.73 Å². The highest BCUT2D eigenvalue weighted by Crippen LogP contribution is 2.24. The number of amides is 1. The molecule has 0 aliphatic rings. The number of nitrogens with one attached hydrogen (secondary N) is 1. The van der Waals surface area contributed by atoms with E-state index >= 15 is 0 Å². The van der Waals surface area contributed by atoms with E-state index in [0.29, 0.717) is 0 Å². The molecule has 0 aliphatic heterocycles. The molecule has 0 radical (unpaired) electrons. The molecule has 0 unspecified atom stereocenters. The van der Waals surface area contributed by atoms with Crippen molar-refractivity contribution in [2.75, 3.05) is 4.72 Å². The maximum atomic E-state index is 13.8. The van der Waals surface area contributed by atoms with Gasteiger partial charge in [0.2, 0.25) is 5.91 Å². The number of carbonyl (C=O) groups is 1. The lowest BCUT2D eigenvalue weighted by atomic mass is 10.2. The molecule has 0 heterocycles. The Bertz CT molecular complexity index is 809.